The van der Waals surface area contributed by atoms with Gasteiger partial charge < -0.3 is 9.47 Å². The van der Waals surface area contributed by atoms with E-state index < -0.39 is 0 Å². The maximum atomic E-state index is 13.1. The molecule has 1 aromatic carbocycles. The van der Waals surface area contributed by atoms with Gasteiger partial charge >= 0.3 is 0 Å². The number of hydrogen-bond acceptors (Lipinski definition) is 3. The Hall–Kier alpha value is -2.47. The number of halogens is 1. The van der Waals surface area contributed by atoms with Crippen LogP contribution in [0.4, 0.5) is 4.39 Å². The third kappa shape index (κ3) is 2.32. The van der Waals surface area contributed by atoms with E-state index in [1.54, 1.807) is 23.5 Å². The van der Waals surface area contributed by atoms with Crippen LogP contribution in [0.2, 0.25) is 0 Å². The molecule has 5 rings (SSSR count). The van der Waals surface area contributed by atoms with Crippen LogP contribution in [0.1, 0.15) is 29.0 Å². The van der Waals surface area contributed by atoms with Gasteiger partial charge in [0.2, 0.25) is 0 Å². The molecular formula is C20H18FN3OS. The van der Waals surface area contributed by atoms with E-state index in [0.29, 0.717) is 12.1 Å². The van der Waals surface area contributed by atoms with Gasteiger partial charge in [-0.05, 0) is 48.6 Å². The van der Waals surface area contributed by atoms with Crippen LogP contribution in [-0.4, -0.2) is 33.4 Å². The highest BCUT2D eigenvalue weighted by atomic mass is 32.1. The first-order valence-electron chi connectivity index (χ1n) is 8.81. The molecular weight excluding hydrogens is 349 g/mol. The number of likely N-dealkylation sites (tertiary alicyclic amines) is 1. The molecule has 2 aliphatic heterocycles. The minimum atomic E-state index is -0.321. The van der Waals surface area contributed by atoms with Gasteiger partial charge in [0.25, 0.3) is 5.91 Å². The monoisotopic (exact) mass is 367 g/mol. The molecule has 3 aromatic rings. The van der Waals surface area contributed by atoms with Crippen molar-refractivity contribution >= 4 is 17.2 Å². The lowest BCUT2D eigenvalue weighted by molar-refractivity contribution is 0.0783. The fourth-order valence-electron chi connectivity index (χ4n) is 4.29. The Labute approximate surface area is 154 Å². The van der Waals surface area contributed by atoms with Crippen molar-refractivity contribution in [2.24, 2.45) is 0 Å². The molecule has 1 spiro atoms. The van der Waals surface area contributed by atoms with E-state index in [0.717, 1.165) is 31.8 Å². The van der Waals surface area contributed by atoms with Crippen molar-refractivity contribution in [3.8, 4) is 10.6 Å². The van der Waals surface area contributed by atoms with Gasteiger partial charge in [0, 0.05) is 30.6 Å². The molecule has 4 heterocycles. The lowest BCUT2D eigenvalue weighted by Gasteiger charge is -2.22. The van der Waals surface area contributed by atoms with E-state index in [9.17, 15) is 9.18 Å². The van der Waals surface area contributed by atoms with Crippen LogP contribution in [0.3, 0.4) is 0 Å². The molecule has 0 N–H and O–H groups in total. The summed E-state index contributed by atoms with van der Waals surface area (Å²) in [6.45, 7) is 2.35. The van der Waals surface area contributed by atoms with Gasteiger partial charge in [-0.3, -0.25) is 4.79 Å². The Balaban J connectivity index is 1.42. The van der Waals surface area contributed by atoms with Crippen LogP contribution < -0.4 is 0 Å². The molecule has 2 aliphatic rings. The molecule has 0 aliphatic carbocycles. The zero-order valence-electron chi connectivity index (χ0n) is 14.2. The molecule has 1 saturated heterocycles. The van der Waals surface area contributed by atoms with E-state index >= 15 is 0 Å². The maximum absolute atomic E-state index is 13.1. The molecule has 1 fully saturated rings. The topological polar surface area (TPSA) is 38.1 Å². The number of amides is 1. The van der Waals surface area contributed by atoms with Crippen molar-refractivity contribution in [2.75, 3.05) is 13.1 Å². The Morgan fingerprint density at radius 3 is 2.73 bits per heavy atom. The largest absolute Gasteiger partial charge is 0.338 e. The van der Waals surface area contributed by atoms with Crippen molar-refractivity contribution in [2.45, 2.75) is 24.8 Å². The summed E-state index contributed by atoms with van der Waals surface area (Å²) in [5, 5.41) is 2.08. The van der Waals surface area contributed by atoms with Gasteiger partial charge in [-0.15, -0.1) is 11.3 Å². The second-order valence-electron chi connectivity index (χ2n) is 7.11. The van der Waals surface area contributed by atoms with E-state index in [-0.39, 0.29) is 17.1 Å². The predicted molar refractivity (Wildman–Crippen MR) is 98.8 cm³/mol. The van der Waals surface area contributed by atoms with Gasteiger partial charge in [-0.2, -0.15) is 0 Å². The van der Waals surface area contributed by atoms with Crippen molar-refractivity contribution in [3.05, 3.63) is 65.2 Å². The van der Waals surface area contributed by atoms with E-state index in [1.807, 2.05) is 11.1 Å². The fourth-order valence-corrected chi connectivity index (χ4v) is 5.04. The number of carbonyl (C=O) groups is 1. The predicted octanol–water partition coefficient (Wildman–Crippen LogP) is 3.94. The minimum absolute atomic E-state index is 0.0228. The average Bonchev–Trinajstić information content (AvgIpc) is 3.42. The lowest BCUT2D eigenvalue weighted by atomic mass is 9.85. The summed E-state index contributed by atoms with van der Waals surface area (Å²) in [7, 11) is 0. The van der Waals surface area contributed by atoms with Crippen molar-refractivity contribution in [1.82, 2.24) is 14.5 Å². The van der Waals surface area contributed by atoms with Gasteiger partial charge in [0.15, 0.2) is 0 Å². The molecule has 0 bridgehead atoms. The van der Waals surface area contributed by atoms with Gasteiger partial charge in [-0.1, -0.05) is 6.07 Å². The van der Waals surface area contributed by atoms with Crippen LogP contribution in [0.5, 0.6) is 0 Å². The number of hydrogen-bond donors (Lipinski definition) is 0. The first-order chi connectivity index (χ1) is 12.7. The number of benzene rings is 1. The molecule has 1 amide bonds. The van der Waals surface area contributed by atoms with Crippen LogP contribution >= 0.6 is 11.3 Å². The number of fused-ring (bicyclic) bond motifs is 2. The molecule has 0 radical (unpaired) electrons. The van der Waals surface area contributed by atoms with E-state index in [4.69, 9.17) is 4.98 Å². The van der Waals surface area contributed by atoms with E-state index in [1.165, 1.54) is 22.7 Å². The van der Waals surface area contributed by atoms with Crippen LogP contribution in [0.15, 0.2) is 48.0 Å². The SMILES string of the molecule is O=C(c1ccc(F)cc1)N1CC[C@@]2(CCn3c(-c4cccs4)cnc32)C1. The van der Waals surface area contributed by atoms with Crippen molar-refractivity contribution in [1.29, 1.82) is 0 Å². The fraction of sp³-hybridized carbons (Fsp3) is 0.300. The van der Waals surface area contributed by atoms with Crippen LogP contribution in [0, 0.1) is 5.82 Å². The maximum Gasteiger partial charge on any atom is 0.253 e. The highest BCUT2D eigenvalue weighted by Gasteiger charge is 2.48. The van der Waals surface area contributed by atoms with Crippen LogP contribution in [0.25, 0.3) is 10.6 Å². The highest BCUT2D eigenvalue weighted by Crippen LogP contribution is 2.44. The summed E-state index contributed by atoms with van der Waals surface area (Å²) in [6.07, 6.45) is 3.91. The van der Waals surface area contributed by atoms with Crippen molar-refractivity contribution in [3.63, 3.8) is 0 Å². The van der Waals surface area contributed by atoms with Gasteiger partial charge in [-0.25, -0.2) is 9.37 Å². The number of thiophene rings is 1. The number of rotatable bonds is 2. The van der Waals surface area contributed by atoms with Gasteiger partial charge in [0.05, 0.1) is 16.8 Å². The first kappa shape index (κ1) is 15.8. The second-order valence-corrected chi connectivity index (χ2v) is 8.06. The number of imidazole rings is 1. The van der Waals surface area contributed by atoms with Gasteiger partial charge in [0.1, 0.15) is 11.6 Å². The highest BCUT2D eigenvalue weighted by molar-refractivity contribution is 7.13. The molecule has 0 unspecified atom stereocenters. The lowest BCUT2D eigenvalue weighted by Crippen LogP contribution is -2.33. The summed E-state index contributed by atoms with van der Waals surface area (Å²) >= 11 is 1.73. The molecule has 2 aromatic heterocycles. The normalized spacial score (nSPS) is 21.5. The number of aromatic nitrogens is 2. The second kappa shape index (κ2) is 5.77. The summed E-state index contributed by atoms with van der Waals surface area (Å²) in [4.78, 5) is 20.7. The molecule has 1 atom stereocenters. The van der Waals surface area contributed by atoms with E-state index in [2.05, 4.69) is 22.1 Å². The zero-order valence-corrected chi connectivity index (χ0v) is 15.0. The molecule has 26 heavy (non-hydrogen) atoms. The number of carbonyl (C=O) groups excluding carboxylic acids is 1. The third-order valence-corrected chi connectivity index (χ3v) is 6.54. The summed E-state index contributed by atoms with van der Waals surface area (Å²) in [5.74, 6) is 0.763. The zero-order chi connectivity index (χ0) is 17.7. The van der Waals surface area contributed by atoms with Crippen LogP contribution in [-0.2, 0) is 12.0 Å². The number of nitrogens with zero attached hydrogens (tertiary/aromatic N) is 3. The summed E-state index contributed by atoms with van der Waals surface area (Å²) in [5.41, 5.74) is 1.67. The Kier molecular flexibility index (Phi) is 3.50. The molecule has 4 nitrogen and oxygen atoms in total. The first-order valence-corrected chi connectivity index (χ1v) is 9.69. The molecule has 132 valence electrons. The quantitative estimate of drug-likeness (QED) is 0.688. The Morgan fingerprint density at radius 1 is 1.15 bits per heavy atom. The molecule has 0 saturated carbocycles. The smallest absolute Gasteiger partial charge is 0.253 e. The minimum Gasteiger partial charge on any atom is -0.338 e. The molecule has 6 heteroatoms. The Bertz CT molecular complexity index is 964. The average molecular weight is 367 g/mol. The summed E-state index contributed by atoms with van der Waals surface area (Å²) < 4.78 is 15.4. The standard InChI is InChI=1S/C20H18FN3OS/c21-15-5-3-14(4-6-15)18(25)23-9-7-20(13-23)8-10-24-16(12-22-19(20)24)17-2-1-11-26-17/h1-6,11-12H,7-10,13H2/t20-/m1/s1. The Morgan fingerprint density at radius 2 is 1.96 bits per heavy atom. The van der Waals surface area contributed by atoms with Crippen molar-refractivity contribution < 1.29 is 9.18 Å². The third-order valence-electron chi connectivity index (χ3n) is 5.65. The summed E-state index contributed by atoms with van der Waals surface area (Å²) in [6, 6.07) is 9.99.